The summed E-state index contributed by atoms with van der Waals surface area (Å²) < 4.78 is 6.60. The highest BCUT2D eigenvalue weighted by atomic mass is 79.9. The molecule has 0 bridgehead atoms. The predicted octanol–water partition coefficient (Wildman–Crippen LogP) is 3.38. The molecule has 0 radical (unpaired) electrons. The van der Waals surface area contributed by atoms with Gasteiger partial charge in [-0.05, 0) is 46.3 Å². The van der Waals surface area contributed by atoms with Gasteiger partial charge in [-0.3, -0.25) is 14.5 Å². The Bertz CT molecular complexity index is 1110. The van der Waals surface area contributed by atoms with Crippen molar-refractivity contribution < 1.29 is 14.3 Å². The number of amides is 2. The van der Waals surface area contributed by atoms with Crippen LogP contribution in [-0.2, 0) is 0 Å². The van der Waals surface area contributed by atoms with E-state index in [1.807, 2.05) is 15.9 Å². The Balaban J connectivity index is 1.09. The summed E-state index contributed by atoms with van der Waals surface area (Å²) in [5.41, 5.74) is 2.85. The van der Waals surface area contributed by atoms with Crippen molar-refractivity contribution in [3.8, 4) is 11.6 Å². The second kappa shape index (κ2) is 9.58. The standard InChI is InChI=1S/C23H22BrN5O3S/c24-17-3-6-21(25-11-17)32-19-4-1-16(2-5-19)22(30)29-12-18(13-29)27-7-9-28(10-8-27)23(31)20-14-33-15-26-20/h1-6,11,14-15,18H,7-10,12-13H2. The molecule has 10 heteroatoms. The molecule has 2 aromatic heterocycles. The predicted molar refractivity (Wildman–Crippen MR) is 128 cm³/mol. The van der Waals surface area contributed by atoms with E-state index in [2.05, 4.69) is 30.8 Å². The molecule has 2 aliphatic heterocycles. The summed E-state index contributed by atoms with van der Waals surface area (Å²) in [6, 6.07) is 11.1. The second-order valence-electron chi connectivity index (χ2n) is 8.01. The number of thiazole rings is 1. The Morgan fingerprint density at radius 2 is 1.70 bits per heavy atom. The van der Waals surface area contributed by atoms with Gasteiger partial charge in [-0.2, -0.15) is 0 Å². The third-order valence-corrected chi connectivity index (χ3v) is 7.00. The number of aromatic nitrogens is 2. The van der Waals surface area contributed by atoms with E-state index in [1.54, 1.807) is 47.4 Å². The molecule has 0 spiro atoms. The molecule has 0 saturated carbocycles. The molecule has 0 atom stereocenters. The van der Waals surface area contributed by atoms with E-state index in [0.717, 1.165) is 17.6 Å². The fourth-order valence-corrected chi connectivity index (χ4v) is 4.77. The minimum absolute atomic E-state index is 0.00431. The van der Waals surface area contributed by atoms with E-state index in [1.165, 1.54) is 11.3 Å². The zero-order chi connectivity index (χ0) is 22.8. The lowest BCUT2D eigenvalue weighted by atomic mass is 10.0. The minimum Gasteiger partial charge on any atom is -0.439 e. The molecule has 2 amide bonds. The molecule has 0 unspecified atom stereocenters. The number of hydrogen-bond acceptors (Lipinski definition) is 7. The highest BCUT2D eigenvalue weighted by molar-refractivity contribution is 9.10. The topological polar surface area (TPSA) is 78.9 Å². The van der Waals surface area contributed by atoms with E-state index < -0.39 is 0 Å². The molecule has 33 heavy (non-hydrogen) atoms. The lowest BCUT2D eigenvalue weighted by Gasteiger charge is -2.48. The summed E-state index contributed by atoms with van der Waals surface area (Å²) in [6.45, 7) is 4.43. The number of pyridine rings is 1. The van der Waals surface area contributed by atoms with Crippen LogP contribution >= 0.6 is 27.3 Å². The third kappa shape index (κ3) is 4.92. The monoisotopic (exact) mass is 527 g/mol. The fourth-order valence-electron chi connectivity index (χ4n) is 4.01. The maximum absolute atomic E-state index is 12.8. The minimum atomic E-state index is 0.00431. The SMILES string of the molecule is O=C(c1ccc(Oc2ccc(Br)cn2)cc1)N1CC(N2CCN(C(=O)c3cscn3)CC2)C1. The van der Waals surface area contributed by atoms with Gasteiger partial charge in [-0.25, -0.2) is 9.97 Å². The van der Waals surface area contributed by atoms with Crippen LogP contribution in [0.15, 0.2) is 58.0 Å². The van der Waals surface area contributed by atoms with Gasteiger partial charge in [0.1, 0.15) is 11.4 Å². The Kier molecular flexibility index (Phi) is 6.39. The first kappa shape index (κ1) is 22.0. The van der Waals surface area contributed by atoms with Crippen LogP contribution < -0.4 is 4.74 Å². The van der Waals surface area contributed by atoms with Crippen LogP contribution in [-0.4, -0.2) is 81.8 Å². The number of rotatable bonds is 5. The lowest BCUT2D eigenvalue weighted by molar-refractivity contribution is 0.00844. The average molecular weight is 528 g/mol. The molecule has 5 rings (SSSR count). The number of likely N-dealkylation sites (tertiary alicyclic amines) is 1. The van der Waals surface area contributed by atoms with Gasteiger partial charge >= 0.3 is 0 Å². The van der Waals surface area contributed by atoms with Gasteiger partial charge in [-0.15, -0.1) is 11.3 Å². The molecule has 4 heterocycles. The molecule has 3 aromatic rings. The Labute approximate surface area is 203 Å². The molecule has 2 aliphatic rings. The fraction of sp³-hybridized carbons (Fsp3) is 0.304. The molecule has 0 aliphatic carbocycles. The first-order valence-electron chi connectivity index (χ1n) is 10.7. The van der Waals surface area contributed by atoms with E-state index >= 15 is 0 Å². The number of ether oxygens (including phenoxy) is 1. The number of carbonyl (C=O) groups excluding carboxylic acids is 2. The van der Waals surface area contributed by atoms with E-state index in [-0.39, 0.29) is 11.8 Å². The zero-order valence-corrected chi connectivity index (χ0v) is 20.2. The van der Waals surface area contributed by atoms with E-state index in [4.69, 9.17) is 4.74 Å². The highest BCUT2D eigenvalue weighted by Gasteiger charge is 2.37. The van der Waals surface area contributed by atoms with Crippen LogP contribution in [0.25, 0.3) is 0 Å². The number of piperazine rings is 1. The maximum atomic E-state index is 12.8. The van der Waals surface area contributed by atoms with Crippen LogP contribution in [0, 0.1) is 0 Å². The molecule has 2 fully saturated rings. The maximum Gasteiger partial charge on any atom is 0.273 e. The first-order valence-corrected chi connectivity index (χ1v) is 12.4. The largest absolute Gasteiger partial charge is 0.439 e. The normalized spacial score (nSPS) is 17.0. The van der Waals surface area contributed by atoms with Gasteiger partial charge in [0.2, 0.25) is 5.88 Å². The van der Waals surface area contributed by atoms with Gasteiger partial charge in [0.05, 0.1) is 5.51 Å². The van der Waals surface area contributed by atoms with Crippen molar-refractivity contribution >= 4 is 39.1 Å². The van der Waals surface area contributed by atoms with Crippen molar-refractivity contribution in [2.24, 2.45) is 0 Å². The molecule has 1 aromatic carbocycles. The van der Waals surface area contributed by atoms with Crippen molar-refractivity contribution in [2.45, 2.75) is 6.04 Å². The van der Waals surface area contributed by atoms with Gasteiger partial charge in [0.15, 0.2) is 0 Å². The summed E-state index contributed by atoms with van der Waals surface area (Å²) in [6.07, 6.45) is 1.67. The summed E-state index contributed by atoms with van der Waals surface area (Å²) in [7, 11) is 0. The van der Waals surface area contributed by atoms with Crippen LogP contribution in [0.5, 0.6) is 11.6 Å². The van der Waals surface area contributed by atoms with Crippen molar-refractivity contribution in [2.75, 3.05) is 39.3 Å². The van der Waals surface area contributed by atoms with Gasteiger partial charge in [-0.1, -0.05) is 0 Å². The van der Waals surface area contributed by atoms with Crippen LogP contribution in [0.4, 0.5) is 0 Å². The van der Waals surface area contributed by atoms with E-state index in [0.29, 0.717) is 55.1 Å². The molecular formula is C23H22BrN5O3S. The number of hydrogen-bond donors (Lipinski definition) is 0. The summed E-state index contributed by atoms with van der Waals surface area (Å²) in [5.74, 6) is 1.16. The van der Waals surface area contributed by atoms with Crippen LogP contribution in [0.2, 0.25) is 0 Å². The molecular weight excluding hydrogens is 506 g/mol. The van der Waals surface area contributed by atoms with Gasteiger partial charge in [0.25, 0.3) is 11.8 Å². The number of benzene rings is 1. The third-order valence-electron chi connectivity index (χ3n) is 5.94. The van der Waals surface area contributed by atoms with Crippen molar-refractivity contribution in [1.29, 1.82) is 0 Å². The Morgan fingerprint density at radius 3 is 2.33 bits per heavy atom. The highest BCUT2D eigenvalue weighted by Crippen LogP contribution is 2.24. The lowest BCUT2D eigenvalue weighted by Crippen LogP contribution is -2.64. The Morgan fingerprint density at radius 1 is 0.939 bits per heavy atom. The summed E-state index contributed by atoms with van der Waals surface area (Å²) in [4.78, 5) is 39.7. The van der Waals surface area contributed by atoms with Gasteiger partial charge < -0.3 is 14.5 Å². The molecule has 0 N–H and O–H groups in total. The quantitative estimate of drug-likeness (QED) is 0.506. The smallest absolute Gasteiger partial charge is 0.273 e. The molecule has 8 nitrogen and oxygen atoms in total. The van der Waals surface area contributed by atoms with Gasteiger partial charge in [0, 0.05) is 73.0 Å². The average Bonchev–Trinajstić information content (AvgIpc) is 3.35. The number of halogens is 1. The van der Waals surface area contributed by atoms with Crippen molar-refractivity contribution in [3.63, 3.8) is 0 Å². The molecule has 170 valence electrons. The molecule has 2 saturated heterocycles. The van der Waals surface area contributed by atoms with Crippen molar-refractivity contribution in [3.05, 3.63) is 69.2 Å². The summed E-state index contributed by atoms with van der Waals surface area (Å²) >= 11 is 4.78. The number of carbonyl (C=O) groups is 2. The zero-order valence-electron chi connectivity index (χ0n) is 17.8. The van der Waals surface area contributed by atoms with Crippen LogP contribution in [0.3, 0.4) is 0 Å². The van der Waals surface area contributed by atoms with Crippen LogP contribution in [0.1, 0.15) is 20.8 Å². The first-order chi connectivity index (χ1) is 16.1. The van der Waals surface area contributed by atoms with E-state index in [9.17, 15) is 9.59 Å². The second-order valence-corrected chi connectivity index (χ2v) is 9.64. The number of nitrogens with zero attached hydrogens (tertiary/aromatic N) is 5. The summed E-state index contributed by atoms with van der Waals surface area (Å²) in [5, 5.41) is 1.79. The van der Waals surface area contributed by atoms with Crippen molar-refractivity contribution in [1.82, 2.24) is 24.7 Å². The Hall–Kier alpha value is -2.82.